The molecular formula is C16H21N3. The molecule has 1 heterocycles. The monoisotopic (exact) mass is 255 g/mol. The summed E-state index contributed by atoms with van der Waals surface area (Å²) < 4.78 is 0. The summed E-state index contributed by atoms with van der Waals surface area (Å²) in [6, 6.07) is 16.2. The molecule has 1 aromatic carbocycles. The third kappa shape index (κ3) is 4.28. The van der Waals surface area contributed by atoms with E-state index in [-0.39, 0.29) is 5.54 Å². The van der Waals surface area contributed by atoms with E-state index in [1.807, 2.05) is 18.2 Å². The van der Waals surface area contributed by atoms with Crippen LogP contribution < -0.4 is 11.1 Å². The van der Waals surface area contributed by atoms with Crippen molar-refractivity contribution in [1.82, 2.24) is 4.98 Å². The van der Waals surface area contributed by atoms with E-state index in [1.54, 1.807) is 6.07 Å². The van der Waals surface area contributed by atoms with Crippen LogP contribution >= 0.6 is 0 Å². The molecule has 0 bridgehead atoms. The van der Waals surface area contributed by atoms with Gasteiger partial charge in [0.15, 0.2) is 0 Å². The molecule has 0 unspecified atom stereocenters. The van der Waals surface area contributed by atoms with E-state index in [0.717, 1.165) is 18.7 Å². The van der Waals surface area contributed by atoms with Crippen molar-refractivity contribution in [3.05, 3.63) is 54.1 Å². The van der Waals surface area contributed by atoms with Gasteiger partial charge in [0.1, 0.15) is 11.6 Å². The second-order valence-electron chi connectivity index (χ2n) is 5.44. The minimum Gasteiger partial charge on any atom is -0.384 e. The van der Waals surface area contributed by atoms with Crippen LogP contribution in [0.5, 0.6) is 0 Å². The van der Waals surface area contributed by atoms with Crippen molar-refractivity contribution in [1.29, 1.82) is 0 Å². The molecular weight excluding hydrogens is 234 g/mol. The molecule has 1 aromatic heterocycles. The first-order valence-corrected chi connectivity index (χ1v) is 6.60. The Balaban J connectivity index is 1.95. The van der Waals surface area contributed by atoms with Gasteiger partial charge in [0.2, 0.25) is 0 Å². The lowest BCUT2D eigenvalue weighted by molar-refractivity contribution is 0.517. The fourth-order valence-electron chi connectivity index (χ4n) is 2.03. The Morgan fingerprint density at radius 3 is 2.47 bits per heavy atom. The second kappa shape index (κ2) is 5.74. The molecule has 2 aromatic rings. The summed E-state index contributed by atoms with van der Waals surface area (Å²) in [7, 11) is 0. The first-order chi connectivity index (χ1) is 9.05. The maximum Gasteiger partial charge on any atom is 0.128 e. The van der Waals surface area contributed by atoms with Crippen LogP contribution in [0, 0.1) is 0 Å². The number of pyridine rings is 1. The van der Waals surface area contributed by atoms with Crippen molar-refractivity contribution in [3.63, 3.8) is 0 Å². The van der Waals surface area contributed by atoms with Gasteiger partial charge < -0.3 is 11.1 Å². The van der Waals surface area contributed by atoms with Crippen LogP contribution in [0.25, 0.3) is 0 Å². The molecule has 3 heteroatoms. The van der Waals surface area contributed by atoms with Crippen molar-refractivity contribution in [2.75, 3.05) is 11.1 Å². The van der Waals surface area contributed by atoms with Crippen LogP contribution in [0.1, 0.15) is 25.8 Å². The highest BCUT2D eigenvalue weighted by atomic mass is 15.1. The topological polar surface area (TPSA) is 50.9 Å². The van der Waals surface area contributed by atoms with Gasteiger partial charge in [-0.2, -0.15) is 0 Å². The van der Waals surface area contributed by atoms with E-state index >= 15 is 0 Å². The lowest BCUT2D eigenvalue weighted by Crippen LogP contribution is -2.31. The van der Waals surface area contributed by atoms with Gasteiger partial charge in [0.25, 0.3) is 0 Å². The summed E-state index contributed by atoms with van der Waals surface area (Å²) >= 11 is 0. The number of hydrogen-bond acceptors (Lipinski definition) is 3. The van der Waals surface area contributed by atoms with Crippen molar-refractivity contribution in [3.8, 4) is 0 Å². The maximum absolute atomic E-state index is 5.69. The quantitative estimate of drug-likeness (QED) is 0.860. The molecule has 0 aliphatic heterocycles. The van der Waals surface area contributed by atoms with Gasteiger partial charge in [-0.05, 0) is 44.4 Å². The number of nitrogen functional groups attached to an aromatic ring is 1. The Kier molecular flexibility index (Phi) is 4.05. The molecule has 0 aliphatic carbocycles. The number of aromatic nitrogens is 1. The van der Waals surface area contributed by atoms with E-state index in [0.29, 0.717) is 5.82 Å². The third-order valence-corrected chi connectivity index (χ3v) is 3.12. The maximum atomic E-state index is 5.69. The number of nitrogens with one attached hydrogen (secondary N) is 1. The largest absolute Gasteiger partial charge is 0.384 e. The SMILES string of the molecule is CC(C)(CCc1ccccc1)Nc1cccc(N)n1. The molecule has 0 fully saturated rings. The molecule has 3 N–H and O–H groups in total. The summed E-state index contributed by atoms with van der Waals surface area (Å²) in [6.45, 7) is 4.36. The zero-order valence-corrected chi connectivity index (χ0v) is 11.6. The van der Waals surface area contributed by atoms with Crippen LogP contribution in [0.2, 0.25) is 0 Å². The highest BCUT2D eigenvalue weighted by Crippen LogP contribution is 2.19. The number of anilines is 2. The van der Waals surface area contributed by atoms with E-state index in [9.17, 15) is 0 Å². The zero-order valence-electron chi connectivity index (χ0n) is 11.6. The summed E-state index contributed by atoms with van der Waals surface area (Å²) in [5, 5.41) is 3.44. The third-order valence-electron chi connectivity index (χ3n) is 3.12. The minimum absolute atomic E-state index is 0.0172. The number of nitrogens with two attached hydrogens (primary N) is 1. The van der Waals surface area contributed by atoms with Crippen LogP contribution in [0.3, 0.4) is 0 Å². The van der Waals surface area contributed by atoms with Crippen molar-refractivity contribution in [2.45, 2.75) is 32.2 Å². The number of benzene rings is 1. The molecule has 0 spiro atoms. The van der Waals surface area contributed by atoms with Gasteiger partial charge in [-0.3, -0.25) is 0 Å². The van der Waals surface area contributed by atoms with Crippen molar-refractivity contribution < 1.29 is 0 Å². The first-order valence-electron chi connectivity index (χ1n) is 6.60. The summed E-state index contributed by atoms with van der Waals surface area (Å²) in [5.74, 6) is 1.38. The van der Waals surface area contributed by atoms with Crippen LogP contribution in [0.15, 0.2) is 48.5 Å². The Morgan fingerprint density at radius 2 is 1.79 bits per heavy atom. The summed E-state index contributed by atoms with van der Waals surface area (Å²) in [5.41, 5.74) is 7.03. The average molecular weight is 255 g/mol. The molecule has 100 valence electrons. The van der Waals surface area contributed by atoms with Gasteiger partial charge in [-0.15, -0.1) is 0 Å². The van der Waals surface area contributed by atoms with E-state index in [1.165, 1.54) is 5.56 Å². The number of rotatable bonds is 5. The summed E-state index contributed by atoms with van der Waals surface area (Å²) in [6.07, 6.45) is 2.08. The number of aryl methyl sites for hydroxylation is 1. The molecule has 0 atom stereocenters. The minimum atomic E-state index is -0.0172. The van der Waals surface area contributed by atoms with Gasteiger partial charge in [0.05, 0.1) is 0 Å². The normalized spacial score (nSPS) is 11.3. The smallest absolute Gasteiger partial charge is 0.128 e. The lowest BCUT2D eigenvalue weighted by Gasteiger charge is -2.27. The lowest BCUT2D eigenvalue weighted by atomic mass is 9.95. The first kappa shape index (κ1) is 13.4. The fourth-order valence-corrected chi connectivity index (χ4v) is 2.03. The molecule has 0 amide bonds. The Labute approximate surface area is 114 Å². The molecule has 0 saturated carbocycles. The van der Waals surface area contributed by atoms with Crippen LogP contribution in [-0.2, 0) is 6.42 Å². The highest BCUT2D eigenvalue weighted by Gasteiger charge is 2.17. The molecule has 0 aliphatic rings. The van der Waals surface area contributed by atoms with Crippen LogP contribution in [-0.4, -0.2) is 10.5 Å². The van der Waals surface area contributed by atoms with Gasteiger partial charge in [0, 0.05) is 5.54 Å². The zero-order chi connectivity index (χ0) is 13.7. The standard InChI is InChI=1S/C16H21N3/c1-16(2,12-11-13-7-4-3-5-8-13)19-15-10-6-9-14(17)18-15/h3-10H,11-12H2,1-2H3,(H3,17,18,19). The number of nitrogens with zero attached hydrogens (tertiary/aromatic N) is 1. The predicted molar refractivity (Wildman–Crippen MR) is 81.1 cm³/mol. The Hall–Kier alpha value is -2.03. The Bertz CT molecular complexity index is 521. The number of hydrogen-bond donors (Lipinski definition) is 2. The van der Waals surface area contributed by atoms with Gasteiger partial charge in [-0.25, -0.2) is 4.98 Å². The highest BCUT2D eigenvalue weighted by molar-refractivity contribution is 5.43. The van der Waals surface area contributed by atoms with Gasteiger partial charge in [-0.1, -0.05) is 36.4 Å². The summed E-state index contributed by atoms with van der Waals surface area (Å²) in [4.78, 5) is 4.28. The fraction of sp³-hybridized carbons (Fsp3) is 0.312. The molecule has 3 nitrogen and oxygen atoms in total. The van der Waals surface area contributed by atoms with E-state index in [4.69, 9.17) is 5.73 Å². The molecule has 2 rings (SSSR count). The Morgan fingerprint density at radius 1 is 1.05 bits per heavy atom. The predicted octanol–water partition coefficient (Wildman–Crippen LogP) is 3.49. The van der Waals surface area contributed by atoms with Crippen LogP contribution in [0.4, 0.5) is 11.6 Å². The molecule has 19 heavy (non-hydrogen) atoms. The van der Waals surface area contributed by atoms with Crippen molar-refractivity contribution in [2.24, 2.45) is 0 Å². The van der Waals surface area contributed by atoms with E-state index < -0.39 is 0 Å². The molecule has 0 saturated heterocycles. The van der Waals surface area contributed by atoms with Gasteiger partial charge >= 0.3 is 0 Å². The molecule has 0 radical (unpaired) electrons. The van der Waals surface area contributed by atoms with E-state index in [2.05, 4.69) is 48.4 Å². The van der Waals surface area contributed by atoms with Crippen molar-refractivity contribution >= 4 is 11.6 Å². The average Bonchev–Trinajstić information content (AvgIpc) is 2.37. The second-order valence-corrected chi connectivity index (χ2v) is 5.44.